The second-order valence-corrected chi connectivity index (χ2v) is 10.5. The molecule has 1 N–H and O–H groups in total. The summed E-state index contributed by atoms with van der Waals surface area (Å²) in [6, 6.07) is 17.2. The van der Waals surface area contributed by atoms with Gasteiger partial charge in [-0.15, -0.1) is 0 Å². The van der Waals surface area contributed by atoms with Gasteiger partial charge in [-0.1, -0.05) is 36.4 Å². The van der Waals surface area contributed by atoms with Gasteiger partial charge in [0.1, 0.15) is 22.0 Å². The molecule has 0 bridgehead atoms. The fourth-order valence-corrected chi connectivity index (χ4v) is 4.85. The monoisotopic (exact) mass is 484 g/mol. The van der Waals surface area contributed by atoms with Crippen LogP contribution in [0.15, 0.2) is 77.2 Å². The number of aryl methyl sites for hydroxylation is 1. The van der Waals surface area contributed by atoms with E-state index in [1.807, 2.05) is 54.6 Å². The quantitative estimate of drug-likeness (QED) is 0.354. The number of carbonyl (C=O) groups excluding carboxylic acids is 1. The Hall–Kier alpha value is -2.90. The van der Waals surface area contributed by atoms with Crippen LogP contribution in [0.4, 0.5) is 0 Å². The van der Waals surface area contributed by atoms with Gasteiger partial charge in [-0.2, -0.15) is 0 Å². The standard InChI is InChI=1S/C27H32O6S/c1-32-22-16-14-21(15-17-22)10-6-7-13-24-26(28)25(34(2,30)31)20-27(24,29)18-8-9-19-33-23-11-4-3-5-12-23/h3-5,11-17,20,29H,6-10,18-19H2,1-2H3. The molecule has 0 amide bonds. The van der Waals surface area contributed by atoms with E-state index in [0.29, 0.717) is 25.9 Å². The van der Waals surface area contributed by atoms with Crippen LogP contribution in [-0.4, -0.2) is 44.9 Å². The summed E-state index contributed by atoms with van der Waals surface area (Å²) >= 11 is 0. The first-order valence-corrected chi connectivity index (χ1v) is 13.3. The molecule has 1 aliphatic rings. The van der Waals surface area contributed by atoms with E-state index in [1.54, 1.807) is 13.2 Å². The molecule has 1 atom stereocenters. The van der Waals surface area contributed by atoms with E-state index < -0.39 is 21.2 Å². The van der Waals surface area contributed by atoms with Crippen molar-refractivity contribution < 1.29 is 27.8 Å². The molecule has 0 saturated carbocycles. The number of carbonyl (C=O) groups is 1. The number of rotatable bonds is 12. The van der Waals surface area contributed by atoms with Crippen molar-refractivity contribution in [2.45, 2.75) is 44.1 Å². The lowest BCUT2D eigenvalue weighted by Crippen LogP contribution is -2.28. The molecule has 0 radical (unpaired) electrons. The van der Waals surface area contributed by atoms with Crippen molar-refractivity contribution in [2.75, 3.05) is 20.0 Å². The topological polar surface area (TPSA) is 89.9 Å². The Morgan fingerprint density at radius 1 is 0.971 bits per heavy atom. The minimum Gasteiger partial charge on any atom is -0.497 e. The van der Waals surface area contributed by atoms with E-state index >= 15 is 0 Å². The number of Topliss-reactive ketones (excluding diaryl/α,β-unsaturated/α-hetero) is 1. The number of hydrogen-bond donors (Lipinski definition) is 1. The number of benzene rings is 2. The van der Waals surface area contributed by atoms with Crippen molar-refractivity contribution in [2.24, 2.45) is 0 Å². The summed E-state index contributed by atoms with van der Waals surface area (Å²) in [6.45, 7) is 0.470. The van der Waals surface area contributed by atoms with Crippen LogP contribution < -0.4 is 9.47 Å². The Morgan fingerprint density at radius 3 is 2.32 bits per heavy atom. The number of para-hydroxylation sites is 1. The van der Waals surface area contributed by atoms with Gasteiger partial charge in [0.05, 0.1) is 13.7 Å². The molecule has 2 aromatic rings. The summed E-state index contributed by atoms with van der Waals surface area (Å²) in [5, 5.41) is 11.3. The highest BCUT2D eigenvalue weighted by Crippen LogP contribution is 2.37. The van der Waals surface area contributed by atoms with Crippen molar-refractivity contribution >= 4 is 15.6 Å². The third-order valence-electron chi connectivity index (χ3n) is 5.85. The highest BCUT2D eigenvalue weighted by atomic mass is 32.2. The van der Waals surface area contributed by atoms with Crippen LogP contribution >= 0.6 is 0 Å². The minimum absolute atomic E-state index is 0.159. The van der Waals surface area contributed by atoms with E-state index in [0.717, 1.165) is 36.2 Å². The highest BCUT2D eigenvalue weighted by molar-refractivity contribution is 7.95. The molecule has 1 aliphatic carbocycles. The predicted octanol–water partition coefficient (Wildman–Crippen LogP) is 4.44. The van der Waals surface area contributed by atoms with Crippen molar-refractivity contribution in [3.63, 3.8) is 0 Å². The Bertz CT molecular complexity index is 1130. The van der Waals surface area contributed by atoms with Crippen LogP contribution in [0.25, 0.3) is 0 Å². The number of sulfone groups is 1. The highest BCUT2D eigenvalue weighted by Gasteiger charge is 2.44. The molecular weight excluding hydrogens is 452 g/mol. The number of ether oxygens (including phenoxy) is 2. The number of methoxy groups -OCH3 is 1. The maximum absolute atomic E-state index is 12.9. The van der Waals surface area contributed by atoms with Crippen LogP contribution in [0.1, 0.15) is 37.7 Å². The normalized spacial score (nSPS) is 19.3. The maximum Gasteiger partial charge on any atom is 0.203 e. The Labute approximate surface area is 201 Å². The van der Waals surface area contributed by atoms with E-state index in [1.165, 1.54) is 6.08 Å². The van der Waals surface area contributed by atoms with Crippen LogP contribution in [0.5, 0.6) is 11.5 Å². The van der Waals surface area contributed by atoms with Gasteiger partial charge in [-0.05, 0) is 74.4 Å². The van der Waals surface area contributed by atoms with Gasteiger partial charge in [0.15, 0.2) is 9.84 Å². The fraction of sp³-hybridized carbons (Fsp3) is 0.370. The number of aliphatic hydroxyl groups is 1. The fourth-order valence-electron chi connectivity index (χ4n) is 3.99. The molecule has 34 heavy (non-hydrogen) atoms. The summed E-state index contributed by atoms with van der Waals surface area (Å²) in [7, 11) is -2.11. The van der Waals surface area contributed by atoms with Crippen molar-refractivity contribution in [3.8, 4) is 11.5 Å². The van der Waals surface area contributed by atoms with Gasteiger partial charge in [-0.3, -0.25) is 4.79 Å². The molecule has 0 saturated heterocycles. The zero-order chi connectivity index (χ0) is 24.6. The third kappa shape index (κ3) is 6.81. The van der Waals surface area contributed by atoms with Gasteiger partial charge in [0.2, 0.25) is 5.78 Å². The van der Waals surface area contributed by atoms with Crippen molar-refractivity contribution in [1.82, 2.24) is 0 Å². The van der Waals surface area contributed by atoms with Gasteiger partial charge in [0, 0.05) is 11.8 Å². The van der Waals surface area contributed by atoms with Gasteiger partial charge < -0.3 is 14.6 Å². The molecule has 182 valence electrons. The summed E-state index contributed by atoms with van der Waals surface area (Å²) in [6.07, 6.45) is 7.52. The van der Waals surface area contributed by atoms with Gasteiger partial charge in [0.25, 0.3) is 0 Å². The first-order valence-electron chi connectivity index (χ1n) is 11.4. The zero-order valence-electron chi connectivity index (χ0n) is 19.7. The number of ketones is 1. The minimum atomic E-state index is -3.73. The molecule has 6 nitrogen and oxygen atoms in total. The average Bonchev–Trinajstić information content (AvgIpc) is 3.08. The molecule has 2 aromatic carbocycles. The summed E-state index contributed by atoms with van der Waals surface area (Å²) in [4.78, 5) is 12.5. The predicted molar refractivity (Wildman–Crippen MR) is 133 cm³/mol. The molecule has 3 rings (SSSR count). The zero-order valence-corrected chi connectivity index (χ0v) is 20.5. The molecular formula is C27H32O6S. The van der Waals surface area contributed by atoms with Crippen LogP contribution in [-0.2, 0) is 21.1 Å². The smallest absolute Gasteiger partial charge is 0.203 e. The molecule has 0 spiro atoms. The lowest BCUT2D eigenvalue weighted by Gasteiger charge is -2.22. The molecule has 1 unspecified atom stereocenters. The second kappa shape index (κ2) is 11.5. The third-order valence-corrected chi connectivity index (χ3v) is 6.95. The van der Waals surface area contributed by atoms with Gasteiger partial charge >= 0.3 is 0 Å². The number of hydrogen-bond acceptors (Lipinski definition) is 6. The molecule has 0 fully saturated rings. The number of allylic oxidation sites excluding steroid dienone is 2. The van der Waals surface area contributed by atoms with E-state index in [2.05, 4.69) is 0 Å². The largest absolute Gasteiger partial charge is 0.497 e. The molecule has 0 heterocycles. The van der Waals surface area contributed by atoms with Crippen LogP contribution in [0.2, 0.25) is 0 Å². The van der Waals surface area contributed by atoms with Crippen molar-refractivity contribution in [1.29, 1.82) is 0 Å². The first kappa shape index (κ1) is 25.7. The maximum atomic E-state index is 12.9. The SMILES string of the molecule is COc1ccc(CCCC=C2C(=O)C(S(C)(=O)=O)=CC2(O)CCCCOc2ccccc2)cc1. The Morgan fingerprint density at radius 2 is 1.68 bits per heavy atom. The Balaban J connectivity index is 1.60. The Kier molecular flexibility index (Phi) is 8.69. The second-order valence-electron chi connectivity index (χ2n) is 8.51. The lowest BCUT2D eigenvalue weighted by atomic mass is 9.89. The van der Waals surface area contributed by atoms with E-state index in [9.17, 15) is 18.3 Å². The van der Waals surface area contributed by atoms with E-state index in [-0.39, 0.29) is 16.9 Å². The first-order chi connectivity index (χ1) is 16.2. The van der Waals surface area contributed by atoms with E-state index in [4.69, 9.17) is 9.47 Å². The summed E-state index contributed by atoms with van der Waals surface area (Å²) in [5.41, 5.74) is -0.283. The summed E-state index contributed by atoms with van der Waals surface area (Å²) in [5.74, 6) is 0.963. The van der Waals surface area contributed by atoms with Crippen LogP contribution in [0.3, 0.4) is 0 Å². The lowest BCUT2D eigenvalue weighted by molar-refractivity contribution is -0.112. The molecule has 7 heteroatoms. The average molecular weight is 485 g/mol. The van der Waals surface area contributed by atoms with Gasteiger partial charge in [-0.25, -0.2) is 8.42 Å². The molecule has 0 aliphatic heterocycles. The van der Waals surface area contributed by atoms with Crippen molar-refractivity contribution in [3.05, 3.63) is 82.8 Å². The summed E-state index contributed by atoms with van der Waals surface area (Å²) < 4.78 is 35.1. The number of unbranched alkanes of at least 4 members (excludes halogenated alkanes) is 2. The molecule has 0 aromatic heterocycles. The van der Waals surface area contributed by atoms with Crippen LogP contribution in [0, 0.1) is 0 Å².